The quantitative estimate of drug-likeness (QED) is 0.751. The van der Waals surface area contributed by atoms with Crippen LogP contribution in [0.1, 0.15) is 49.0 Å². The van der Waals surface area contributed by atoms with Crippen LogP contribution in [0.5, 0.6) is 0 Å². The maximum absolute atomic E-state index is 13.2. The maximum atomic E-state index is 13.2. The van der Waals surface area contributed by atoms with E-state index in [1.54, 1.807) is 13.0 Å². The van der Waals surface area contributed by atoms with Crippen LogP contribution in [0.15, 0.2) is 18.2 Å². The summed E-state index contributed by atoms with van der Waals surface area (Å²) < 4.78 is 18.7. The van der Waals surface area contributed by atoms with Crippen molar-refractivity contribution in [2.45, 2.75) is 46.1 Å². The van der Waals surface area contributed by atoms with E-state index in [0.29, 0.717) is 23.0 Å². The predicted molar refractivity (Wildman–Crippen MR) is 72.5 cm³/mol. The molecule has 1 aliphatic carbocycles. The minimum Gasteiger partial charge on any atom is -0.459 e. The minimum atomic E-state index is -0.338. The molecular weight excluding hydrogens is 243 g/mol. The Bertz CT molecular complexity index is 470. The van der Waals surface area contributed by atoms with Crippen LogP contribution in [-0.4, -0.2) is 12.1 Å². The molecule has 2 rings (SSSR count). The Morgan fingerprint density at radius 1 is 1.26 bits per heavy atom. The first-order valence-corrected chi connectivity index (χ1v) is 6.94. The number of carbonyl (C=O) groups is 1. The van der Waals surface area contributed by atoms with Crippen molar-refractivity contribution in [2.75, 3.05) is 0 Å². The zero-order valence-corrected chi connectivity index (χ0v) is 11.8. The van der Waals surface area contributed by atoms with Crippen LogP contribution < -0.4 is 0 Å². The van der Waals surface area contributed by atoms with Gasteiger partial charge in [-0.1, -0.05) is 13.8 Å². The summed E-state index contributed by atoms with van der Waals surface area (Å²) in [6.45, 7) is 6.09. The number of benzene rings is 1. The van der Waals surface area contributed by atoms with Gasteiger partial charge in [-0.15, -0.1) is 0 Å². The topological polar surface area (TPSA) is 26.3 Å². The first-order chi connectivity index (χ1) is 8.97. The van der Waals surface area contributed by atoms with E-state index in [9.17, 15) is 9.18 Å². The lowest BCUT2D eigenvalue weighted by Crippen LogP contribution is -2.28. The van der Waals surface area contributed by atoms with Gasteiger partial charge in [0, 0.05) is 0 Å². The summed E-state index contributed by atoms with van der Waals surface area (Å²) >= 11 is 0. The number of esters is 1. The maximum Gasteiger partial charge on any atom is 0.338 e. The Morgan fingerprint density at radius 3 is 2.63 bits per heavy atom. The van der Waals surface area contributed by atoms with Crippen LogP contribution in [0.25, 0.3) is 0 Å². The highest BCUT2D eigenvalue weighted by Gasteiger charge is 2.27. The van der Waals surface area contributed by atoms with Crippen molar-refractivity contribution in [3.8, 4) is 0 Å². The molecule has 3 atom stereocenters. The van der Waals surface area contributed by atoms with Crippen LogP contribution in [0.2, 0.25) is 0 Å². The number of hydrogen-bond donors (Lipinski definition) is 0. The molecule has 1 aromatic rings. The van der Waals surface area contributed by atoms with E-state index >= 15 is 0 Å². The number of halogens is 1. The average Bonchev–Trinajstić information content (AvgIpc) is 2.37. The van der Waals surface area contributed by atoms with Gasteiger partial charge in [0.25, 0.3) is 0 Å². The van der Waals surface area contributed by atoms with E-state index in [-0.39, 0.29) is 17.9 Å². The van der Waals surface area contributed by atoms with Gasteiger partial charge in [-0.2, -0.15) is 0 Å². The molecule has 0 bridgehead atoms. The van der Waals surface area contributed by atoms with Crippen molar-refractivity contribution >= 4 is 5.97 Å². The van der Waals surface area contributed by atoms with Crippen LogP contribution >= 0.6 is 0 Å². The summed E-state index contributed by atoms with van der Waals surface area (Å²) in [5.41, 5.74) is 0.908. The summed E-state index contributed by atoms with van der Waals surface area (Å²) in [5.74, 6) is 0.649. The van der Waals surface area contributed by atoms with Crippen molar-refractivity contribution in [3.05, 3.63) is 35.1 Å². The SMILES string of the molecule is Cc1cc(C(=O)OC2CCC(C)C(C)C2)ccc1F. The molecule has 0 spiro atoms. The van der Waals surface area contributed by atoms with E-state index in [4.69, 9.17) is 4.74 Å². The molecule has 0 aromatic heterocycles. The third-order valence-electron chi connectivity index (χ3n) is 4.22. The molecule has 0 radical (unpaired) electrons. The molecular formula is C16H21FO2. The van der Waals surface area contributed by atoms with Gasteiger partial charge in [-0.3, -0.25) is 0 Å². The summed E-state index contributed by atoms with van der Waals surface area (Å²) in [5, 5.41) is 0. The second-order valence-electron chi connectivity index (χ2n) is 5.76. The van der Waals surface area contributed by atoms with Crippen molar-refractivity contribution in [2.24, 2.45) is 11.8 Å². The number of ether oxygens (including phenoxy) is 1. The van der Waals surface area contributed by atoms with Crippen LogP contribution in [0, 0.1) is 24.6 Å². The van der Waals surface area contributed by atoms with Gasteiger partial charge in [-0.25, -0.2) is 9.18 Å². The van der Waals surface area contributed by atoms with Crippen molar-refractivity contribution < 1.29 is 13.9 Å². The lowest BCUT2D eigenvalue weighted by molar-refractivity contribution is 0.00877. The minimum absolute atomic E-state index is 0.00376. The standard InChI is InChI=1S/C16H21FO2/c1-10-4-6-14(9-11(10)2)19-16(18)13-5-7-15(17)12(3)8-13/h5,7-8,10-11,14H,4,6,9H2,1-3H3. The molecule has 1 saturated carbocycles. The van der Waals surface area contributed by atoms with E-state index in [0.717, 1.165) is 19.3 Å². The first-order valence-electron chi connectivity index (χ1n) is 6.94. The Balaban J connectivity index is 1.99. The fraction of sp³-hybridized carbons (Fsp3) is 0.562. The van der Waals surface area contributed by atoms with Gasteiger partial charge in [0.2, 0.25) is 0 Å². The number of rotatable bonds is 2. The molecule has 2 nitrogen and oxygen atoms in total. The molecule has 1 aliphatic rings. The highest BCUT2D eigenvalue weighted by atomic mass is 19.1. The largest absolute Gasteiger partial charge is 0.459 e. The Morgan fingerprint density at radius 2 is 2.00 bits per heavy atom. The van der Waals surface area contributed by atoms with Crippen molar-refractivity contribution in [3.63, 3.8) is 0 Å². The molecule has 0 saturated heterocycles. The number of hydrogen-bond acceptors (Lipinski definition) is 2. The normalized spacial score (nSPS) is 27.1. The van der Waals surface area contributed by atoms with Gasteiger partial charge < -0.3 is 4.74 Å². The lowest BCUT2D eigenvalue weighted by atomic mass is 9.80. The van der Waals surface area contributed by atoms with Gasteiger partial charge in [-0.05, 0) is 61.8 Å². The smallest absolute Gasteiger partial charge is 0.338 e. The fourth-order valence-electron chi connectivity index (χ4n) is 2.60. The molecule has 1 fully saturated rings. The molecule has 3 heteroatoms. The Labute approximate surface area is 114 Å². The lowest BCUT2D eigenvalue weighted by Gasteiger charge is -2.31. The van der Waals surface area contributed by atoms with E-state index in [1.165, 1.54) is 12.1 Å². The first kappa shape index (κ1) is 14.0. The van der Waals surface area contributed by atoms with Crippen molar-refractivity contribution in [1.82, 2.24) is 0 Å². The van der Waals surface area contributed by atoms with Gasteiger partial charge in [0.05, 0.1) is 5.56 Å². The highest BCUT2D eigenvalue weighted by molar-refractivity contribution is 5.89. The predicted octanol–water partition coefficient (Wildman–Crippen LogP) is 4.12. The summed E-state index contributed by atoms with van der Waals surface area (Å²) in [4.78, 5) is 12.0. The second-order valence-corrected chi connectivity index (χ2v) is 5.76. The summed E-state index contributed by atoms with van der Waals surface area (Å²) in [6.07, 6.45) is 2.95. The van der Waals surface area contributed by atoms with E-state index in [2.05, 4.69) is 13.8 Å². The zero-order valence-electron chi connectivity index (χ0n) is 11.8. The van der Waals surface area contributed by atoms with E-state index < -0.39 is 0 Å². The number of aryl methyl sites for hydroxylation is 1. The summed E-state index contributed by atoms with van der Waals surface area (Å²) in [6, 6.07) is 4.35. The molecule has 104 valence electrons. The second kappa shape index (κ2) is 5.72. The molecule has 1 aromatic carbocycles. The monoisotopic (exact) mass is 264 g/mol. The average molecular weight is 264 g/mol. The molecule has 0 N–H and O–H groups in total. The van der Waals surface area contributed by atoms with Crippen LogP contribution in [0.4, 0.5) is 4.39 Å². The molecule has 0 amide bonds. The molecule has 0 heterocycles. The van der Waals surface area contributed by atoms with Crippen LogP contribution in [-0.2, 0) is 4.74 Å². The summed E-state index contributed by atoms with van der Waals surface area (Å²) in [7, 11) is 0. The van der Waals surface area contributed by atoms with Gasteiger partial charge in [0.1, 0.15) is 11.9 Å². The molecule has 0 aliphatic heterocycles. The third kappa shape index (κ3) is 3.34. The highest BCUT2D eigenvalue weighted by Crippen LogP contribution is 2.31. The Hall–Kier alpha value is -1.38. The number of carbonyl (C=O) groups excluding carboxylic acids is 1. The van der Waals surface area contributed by atoms with Crippen LogP contribution in [0.3, 0.4) is 0 Å². The van der Waals surface area contributed by atoms with Gasteiger partial charge >= 0.3 is 5.97 Å². The zero-order chi connectivity index (χ0) is 14.0. The Kier molecular flexibility index (Phi) is 4.23. The molecule has 3 unspecified atom stereocenters. The molecule has 19 heavy (non-hydrogen) atoms. The van der Waals surface area contributed by atoms with Crippen molar-refractivity contribution in [1.29, 1.82) is 0 Å². The van der Waals surface area contributed by atoms with E-state index in [1.807, 2.05) is 0 Å². The van der Waals surface area contributed by atoms with Gasteiger partial charge in [0.15, 0.2) is 0 Å². The third-order valence-corrected chi connectivity index (χ3v) is 4.22. The fourth-order valence-corrected chi connectivity index (χ4v) is 2.60.